The van der Waals surface area contributed by atoms with Gasteiger partial charge in [0.25, 0.3) is 0 Å². The fourth-order valence-electron chi connectivity index (χ4n) is 2.59. The number of hydrogen-bond acceptors (Lipinski definition) is 4. The number of nitrogens with zero attached hydrogens (tertiary/aromatic N) is 4. The number of fused-ring (bicyclic) bond motifs is 1. The van der Waals surface area contributed by atoms with Gasteiger partial charge in [-0.1, -0.05) is 0 Å². The van der Waals surface area contributed by atoms with E-state index in [2.05, 4.69) is 38.9 Å². The van der Waals surface area contributed by atoms with E-state index in [4.69, 9.17) is 5.11 Å². The van der Waals surface area contributed by atoms with E-state index in [0.29, 0.717) is 13.1 Å². The van der Waals surface area contributed by atoms with Crippen molar-refractivity contribution in [3.63, 3.8) is 0 Å². The number of imidazole rings is 1. The van der Waals surface area contributed by atoms with Gasteiger partial charge in [-0.05, 0) is 38.5 Å². The molecule has 6 nitrogen and oxygen atoms in total. The first kappa shape index (κ1) is 14.6. The number of aliphatic hydroxyl groups is 1. The maximum atomic E-state index is 9.16. The van der Waals surface area contributed by atoms with Crippen molar-refractivity contribution in [2.24, 2.45) is 0 Å². The molecule has 0 aliphatic heterocycles. The molecule has 0 saturated heterocycles. The van der Waals surface area contributed by atoms with Crippen LogP contribution in [0.4, 0.5) is 5.82 Å². The zero-order chi connectivity index (χ0) is 15.7. The first-order valence-corrected chi connectivity index (χ1v) is 7.41. The van der Waals surface area contributed by atoms with Crippen molar-refractivity contribution in [1.29, 1.82) is 0 Å². The minimum Gasteiger partial charge on any atom is -0.394 e. The zero-order valence-electron chi connectivity index (χ0n) is 13.2. The first-order valence-electron chi connectivity index (χ1n) is 7.41. The molecule has 0 aliphatic carbocycles. The second-order valence-electron chi connectivity index (χ2n) is 5.54. The average Bonchev–Trinajstić information content (AvgIpc) is 3.00. The molecule has 3 aromatic heterocycles. The molecule has 0 bridgehead atoms. The first-order chi connectivity index (χ1) is 10.6. The van der Waals surface area contributed by atoms with Crippen LogP contribution in [0.25, 0.3) is 5.65 Å². The Bertz CT molecular complexity index is 802. The summed E-state index contributed by atoms with van der Waals surface area (Å²) in [6.07, 6.45) is 3.93. The number of pyridine rings is 1. The van der Waals surface area contributed by atoms with Crippen LogP contribution in [-0.4, -0.2) is 30.9 Å². The molecule has 0 spiro atoms. The number of anilines is 1. The summed E-state index contributed by atoms with van der Waals surface area (Å²) < 4.78 is 3.90. The summed E-state index contributed by atoms with van der Waals surface area (Å²) in [5, 5.41) is 17.0. The van der Waals surface area contributed by atoms with Gasteiger partial charge in [0, 0.05) is 11.8 Å². The van der Waals surface area contributed by atoms with Crippen LogP contribution in [0.5, 0.6) is 0 Å². The van der Waals surface area contributed by atoms with Crippen LogP contribution in [0.1, 0.15) is 22.5 Å². The van der Waals surface area contributed by atoms with Crippen LogP contribution in [0.3, 0.4) is 0 Å². The molecule has 0 radical (unpaired) electrons. The molecule has 0 aliphatic rings. The van der Waals surface area contributed by atoms with Crippen molar-refractivity contribution in [3.8, 4) is 0 Å². The molecule has 6 heteroatoms. The van der Waals surface area contributed by atoms with E-state index in [1.807, 2.05) is 30.9 Å². The van der Waals surface area contributed by atoms with E-state index in [0.717, 1.165) is 28.4 Å². The lowest BCUT2D eigenvalue weighted by Crippen LogP contribution is -2.11. The third kappa shape index (κ3) is 2.57. The fourth-order valence-corrected chi connectivity index (χ4v) is 2.59. The molecular formula is C16H21N5O. The second kappa shape index (κ2) is 5.81. The predicted molar refractivity (Wildman–Crippen MR) is 86.0 cm³/mol. The van der Waals surface area contributed by atoms with Crippen LogP contribution in [0.15, 0.2) is 24.5 Å². The van der Waals surface area contributed by atoms with Gasteiger partial charge in [0.2, 0.25) is 0 Å². The molecule has 3 aromatic rings. The van der Waals surface area contributed by atoms with Gasteiger partial charge in [-0.2, -0.15) is 5.10 Å². The molecule has 0 unspecified atom stereocenters. The summed E-state index contributed by atoms with van der Waals surface area (Å²) >= 11 is 0. The topological polar surface area (TPSA) is 67.4 Å². The lowest BCUT2D eigenvalue weighted by atomic mass is 10.2. The fraction of sp³-hybridized carbons (Fsp3) is 0.375. The molecule has 0 aromatic carbocycles. The molecule has 0 atom stereocenters. The van der Waals surface area contributed by atoms with Crippen LogP contribution in [0.2, 0.25) is 0 Å². The lowest BCUT2D eigenvalue weighted by Gasteiger charge is -2.10. The van der Waals surface area contributed by atoms with Crippen LogP contribution in [-0.2, 0) is 13.1 Å². The third-order valence-corrected chi connectivity index (χ3v) is 3.92. The SMILES string of the molecule is Cc1ccn2c(CNc3c(C)c(C)nn3CCO)cnc2c1. The van der Waals surface area contributed by atoms with Crippen molar-refractivity contribution in [2.45, 2.75) is 33.9 Å². The number of hydrogen-bond donors (Lipinski definition) is 2. The quantitative estimate of drug-likeness (QED) is 0.757. The normalized spacial score (nSPS) is 11.3. The van der Waals surface area contributed by atoms with Crippen LogP contribution >= 0.6 is 0 Å². The molecule has 3 rings (SSSR count). The van der Waals surface area contributed by atoms with Gasteiger partial charge in [-0.25, -0.2) is 9.67 Å². The second-order valence-corrected chi connectivity index (χ2v) is 5.54. The number of aryl methyl sites for hydroxylation is 2. The average molecular weight is 299 g/mol. The Kier molecular flexibility index (Phi) is 3.85. The van der Waals surface area contributed by atoms with Crippen LogP contribution < -0.4 is 5.32 Å². The predicted octanol–water partition coefficient (Wildman–Crippen LogP) is 2.06. The maximum absolute atomic E-state index is 9.16. The third-order valence-electron chi connectivity index (χ3n) is 3.92. The standard InChI is InChI=1S/C16H21N5O/c1-11-4-5-20-14(9-17-15(20)8-11)10-18-16-12(2)13(3)19-21(16)6-7-22/h4-5,8-9,18,22H,6-7,10H2,1-3H3. The van der Waals surface area contributed by atoms with Gasteiger partial charge in [0.05, 0.1) is 37.3 Å². The number of aliphatic hydroxyl groups excluding tert-OH is 1. The van der Waals surface area contributed by atoms with E-state index >= 15 is 0 Å². The molecule has 3 heterocycles. The van der Waals surface area contributed by atoms with Gasteiger partial charge in [0.1, 0.15) is 11.5 Å². The van der Waals surface area contributed by atoms with E-state index in [1.54, 1.807) is 0 Å². The van der Waals surface area contributed by atoms with Gasteiger partial charge in [-0.3, -0.25) is 0 Å². The molecule has 116 valence electrons. The lowest BCUT2D eigenvalue weighted by molar-refractivity contribution is 0.270. The summed E-state index contributed by atoms with van der Waals surface area (Å²) in [6.45, 7) is 7.29. The number of nitrogens with one attached hydrogen (secondary N) is 1. The summed E-state index contributed by atoms with van der Waals surface area (Å²) in [5.74, 6) is 0.952. The Balaban J connectivity index is 1.85. The van der Waals surface area contributed by atoms with Gasteiger partial charge in [-0.15, -0.1) is 0 Å². The minimum atomic E-state index is 0.0735. The van der Waals surface area contributed by atoms with Gasteiger partial charge < -0.3 is 14.8 Å². The summed E-state index contributed by atoms with van der Waals surface area (Å²) in [6, 6.07) is 4.14. The Morgan fingerprint density at radius 1 is 1.27 bits per heavy atom. The molecule has 2 N–H and O–H groups in total. The van der Waals surface area contributed by atoms with E-state index < -0.39 is 0 Å². The van der Waals surface area contributed by atoms with Crippen LogP contribution in [0, 0.1) is 20.8 Å². The molecule has 0 fully saturated rings. The number of rotatable bonds is 5. The highest BCUT2D eigenvalue weighted by Gasteiger charge is 2.12. The largest absolute Gasteiger partial charge is 0.394 e. The highest BCUT2D eigenvalue weighted by atomic mass is 16.3. The highest BCUT2D eigenvalue weighted by molar-refractivity contribution is 5.48. The van der Waals surface area contributed by atoms with Crippen molar-refractivity contribution in [3.05, 3.63) is 47.0 Å². The van der Waals surface area contributed by atoms with Gasteiger partial charge in [0.15, 0.2) is 0 Å². The smallest absolute Gasteiger partial charge is 0.137 e. The monoisotopic (exact) mass is 299 g/mol. The maximum Gasteiger partial charge on any atom is 0.137 e. The van der Waals surface area contributed by atoms with E-state index in [1.165, 1.54) is 5.56 Å². The van der Waals surface area contributed by atoms with Crippen molar-refractivity contribution in [1.82, 2.24) is 19.2 Å². The molecule has 22 heavy (non-hydrogen) atoms. The Morgan fingerprint density at radius 3 is 2.86 bits per heavy atom. The van der Waals surface area contributed by atoms with Crippen molar-refractivity contribution >= 4 is 11.5 Å². The van der Waals surface area contributed by atoms with Gasteiger partial charge >= 0.3 is 0 Å². The number of aromatic nitrogens is 4. The highest BCUT2D eigenvalue weighted by Crippen LogP contribution is 2.19. The van der Waals surface area contributed by atoms with Crippen molar-refractivity contribution in [2.75, 3.05) is 11.9 Å². The summed E-state index contributed by atoms with van der Waals surface area (Å²) in [4.78, 5) is 4.44. The Labute approximate surface area is 129 Å². The molecular weight excluding hydrogens is 278 g/mol. The summed E-state index contributed by atoms with van der Waals surface area (Å²) in [7, 11) is 0. The zero-order valence-corrected chi connectivity index (χ0v) is 13.2. The molecule has 0 amide bonds. The Hall–Kier alpha value is -2.34. The summed E-state index contributed by atoms with van der Waals surface area (Å²) in [5.41, 5.74) is 5.32. The van der Waals surface area contributed by atoms with E-state index in [9.17, 15) is 0 Å². The van der Waals surface area contributed by atoms with Crippen molar-refractivity contribution < 1.29 is 5.11 Å². The minimum absolute atomic E-state index is 0.0735. The Morgan fingerprint density at radius 2 is 2.09 bits per heavy atom. The molecule has 0 saturated carbocycles. The van der Waals surface area contributed by atoms with E-state index in [-0.39, 0.29) is 6.61 Å².